The van der Waals surface area contributed by atoms with Crippen LogP contribution in [0.2, 0.25) is 0 Å². The van der Waals surface area contributed by atoms with Gasteiger partial charge in [0.1, 0.15) is 0 Å². The van der Waals surface area contributed by atoms with Crippen LogP contribution in [0, 0.1) is 17.2 Å². The van der Waals surface area contributed by atoms with E-state index in [1.54, 1.807) is 6.07 Å². The van der Waals surface area contributed by atoms with Crippen LogP contribution in [0.15, 0.2) is 24.3 Å². The van der Waals surface area contributed by atoms with Gasteiger partial charge < -0.3 is 5.32 Å². The molecule has 0 aromatic heterocycles. The van der Waals surface area contributed by atoms with Gasteiger partial charge in [-0.2, -0.15) is 5.26 Å². The summed E-state index contributed by atoms with van der Waals surface area (Å²) in [5.74, 6) is 0.796. The van der Waals surface area contributed by atoms with Crippen LogP contribution >= 0.6 is 0 Å². The van der Waals surface area contributed by atoms with Crippen LogP contribution in [0.3, 0.4) is 0 Å². The number of rotatable bonds is 4. The van der Waals surface area contributed by atoms with Crippen molar-refractivity contribution < 1.29 is 4.79 Å². The minimum absolute atomic E-state index is 0.0715. The minimum Gasteiger partial charge on any atom is -0.345 e. The molecule has 1 aromatic rings. The summed E-state index contributed by atoms with van der Waals surface area (Å²) in [6, 6.07) is 9.68. The second-order valence-corrected chi connectivity index (χ2v) is 6.50. The van der Waals surface area contributed by atoms with Crippen LogP contribution in [-0.2, 0) is 10.3 Å². The summed E-state index contributed by atoms with van der Waals surface area (Å²) in [4.78, 5) is 14.7. The molecule has 110 valence electrons. The van der Waals surface area contributed by atoms with Gasteiger partial charge in [-0.1, -0.05) is 19.1 Å². The van der Waals surface area contributed by atoms with E-state index < -0.39 is 0 Å². The Morgan fingerprint density at radius 1 is 1.48 bits per heavy atom. The van der Waals surface area contributed by atoms with Crippen LogP contribution in [0.25, 0.3) is 0 Å². The Morgan fingerprint density at radius 2 is 2.19 bits per heavy atom. The Labute approximate surface area is 125 Å². The highest BCUT2D eigenvalue weighted by Gasteiger charge is 2.47. The first kappa shape index (κ1) is 14.1. The quantitative estimate of drug-likeness (QED) is 0.919. The molecule has 1 unspecified atom stereocenters. The molecule has 4 nitrogen and oxygen atoms in total. The van der Waals surface area contributed by atoms with Crippen molar-refractivity contribution >= 4 is 5.91 Å². The van der Waals surface area contributed by atoms with Crippen molar-refractivity contribution in [2.24, 2.45) is 5.92 Å². The SMILES string of the molecule is CC1CN(C(C)C(=O)NC2(c3cccc(C#N)c3)CC2)C1. The van der Waals surface area contributed by atoms with Gasteiger partial charge in [-0.25, -0.2) is 0 Å². The predicted molar refractivity (Wildman–Crippen MR) is 80.4 cm³/mol. The summed E-state index contributed by atoms with van der Waals surface area (Å²) in [5, 5.41) is 12.2. The van der Waals surface area contributed by atoms with E-state index in [1.165, 1.54) is 0 Å². The van der Waals surface area contributed by atoms with Gasteiger partial charge >= 0.3 is 0 Å². The molecule has 0 radical (unpaired) electrons. The van der Waals surface area contributed by atoms with Gasteiger partial charge in [0.15, 0.2) is 0 Å². The van der Waals surface area contributed by atoms with Crippen molar-refractivity contribution in [3.05, 3.63) is 35.4 Å². The molecule has 1 aromatic carbocycles. The standard InChI is InChI=1S/C17H21N3O/c1-12-10-20(11-12)13(2)16(21)19-17(6-7-17)15-5-3-4-14(8-15)9-18/h3-5,8,12-13H,6-7,10-11H2,1-2H3,(H,19,21). The van der Waals surface area contributed by atoms with Crippen LogP contribution in [0.5, 0.6) is 0 Å². The number of nitrogens with zero attached hydrogens (tertiary/aromatic N) is 2. The maximum atomic E-state index is 12.4. The number of benzene rings is 1. The molecule has 1 saturated carbocycles. The monoisotopic (exact) mass is 283 g/mol. The average Bonchev–Trinajstić information content (AvgIpc) is 3.24. The molecule has 1 amide bonds. The van der Waals surface area contributed by atoms with Crippen molar-refractivity contribution in [3.63, 3.8) is 0 Å². The average molecular weight is 283 g/mol. The lowest BCUT2D eigenvalue weighted by molar-refractivity contribution is -0.129. The van der Waals surface area contributed by atoms with E-state index in [9.17, 15) is 4.79 Å². The maximum absolute atomic E-state index is 12.4. The Morgan fingerprint density at radius 3 is 2.76 bits per heavy atom. The minimum atomic E-state index is -0.241. The number of carbonyl (C=O) groups excluding carboxylic acids is 1. The number of nitriles is 1. The van der Waals surface area contributed by atoms with E-state index in [4.69, 9.17) is 5.26 Å². The second-order valence-electron chi connectivity index (χ2n) is 6.50. The van der Waals surface area contributed by atoms with Crippen LogP contribution in [-0.4, -0.2) is 29.9 Å². The molecule has 1 saturated heterocycles. The third-order valence-corrected chi connectivity index (χ3v) is 4.68. The van der Waals surface area contributed by atoms with Gasteiger partial charge in [-0.05, 0) is 43.4 Å². The Balaban J connectivity index is 1.69. The fourth-order valence-corrected chi connectivity index (χ4v) is 3.07. The first-order valence-corrected chi connectivity index (χ1v) is 7.61. The lowest BCUT2D eigenvalue weighted by Gasteiger charge is -2.41. The van der Waals surface area contributed by atoms with Gasteiger partial charge in [-0.3, -0.25) is 9.69 Å². The molecular formula is C17H21N3O. The van der Waals surface area contributed by atoms with Crippen molar-refractivity contribution in [1.82, 2.24) is 10.2 Å². The summed E-state index contributed by atoms with van der Waals surface area (Å²) < 4.78 is 0. The summed E-state index contributed by atoms with van der Waals surface area (Å²) in [6.07, 6.45) is 1.91. The largest absolute Gasteiger partial charge is 0.345 e. The van der Waals surface area contributed by atoms with E-state index in [1.807, 2.05) is 25.1 Å². The normalized spacial score (nSPS) is 22.0. The molecule has 1 heterocycles. The number of nitrogens with one attached hydrogen (secondary N) is 1. The Hall–Kier alpha value is -1.86. The highest BCUT2D eigenvalue weighted by molar-refractivity contribution is 5.82. The zero-order chi connectivity index (χ0) is 15.0. The van der Waals surface area contributed by atoms with Crippen LogP contribution in [0.1, 0.15) is 37.8 Å². The molecule has 0 spiro atoms. The van der Waals surface area contributed by atoms with Gasteiger partial charge in [0.05, 0.1) is 23.2 Å². The van der Waals surface area contributed by atoms with Crippen LogP contribution in [0.4, 0.5) is 0 Å². The molecule has 21 heavy (non-hydrogen) atoms. The number of amides is 1. The lowest BCUT2D eigenvalue weighted by atomic mass is 9.99. The molecule has 0 bridgehead atoms. The zero-order valence-electron chi connectivity index (χ0n) is 12.6. The van der Waals surface area contributed by atoms with Gasteiger partial charge in [0.2, 0.25) is 5.91 Å². The van der Waals surface area contributed by atoms with Gasteiger partial charge in [0.25, 0.3) is 0 Å². The molecule has 1 aliphatic heterocycles. The molecule has 2 fully saturated rings. The lowest BCUT2D eigenvalue weighted by Crippen LogP contribution is -2.56. The van der Waals surface area contributed by atoms with Crippen molar-refractivity contribution in [1.29, 1.82) is 5.26 Å². The van der Waals surface area contributed by atoms with E-state index in [0.717, 1.165) is 31.5 Å². The maximum Gasteiger partial charge on any atom is 0.237 e. The molecule has 1 aliphatic carbocycles. The number of carbonyl (C=O) groups is 1. The van der Waals surface area contributed by atoms with Crippen molar-refractivity contribution in [2.75, 3.05) is 13.1 Å². The second kappa shape index (κ2) is 5.16. The fourth-order valence-electron chi connectivity index (χ4n) is 3.07. The summed E-state index contributed by atoms with van der Waals surface area (Å²) >= 11 is 0. The third kappa shape index (κ3) is 2.66. The summed E-state index contributed by atoms with van der Waals surface area (Å²) in [6.45, 7) is 6.19. The van der Waals surface area contributed by atoms with Crippen molar-refractivity contribution in [3.8, 4) is 6.07 Å². The van der Waals surface area contributed by atoms with Crippen molar-refractivity contribution in [2.45, 2.75) is 38.3 Å². The summed E-state index contributed by atoms with van der Waals surface area (Å²) in [7, 11) is 0. The third-order valence-electron chi connectivity index (χ3n) is 4.68. The van der Waals surface area contributed by atoms with Crippen LogP contribution < -0.4 is 5.32 Å². The predicted octanol–water partition coefficient (Wildman–Crippen LogP) is 2.00. The first-order valence-electron chi connectivity index (χ1n) is 7.61. The zero-order valence-corrected chi connectivity index (χ0v) is 12.6. The Kier molecular flexibility index (Phi) is 3.46. The molecule has 1 atom stereocenters. The number of hydrogen-bond donors (Lipinski definition) is 1. The molecule has 4 heteroatoms. The molecule has 3 rings (SSSR count). The Bertz CT molecular complexity index is 594. The number of likely N-dealkylation sites (tertiary alicyclic amines) is 1. The highest BCUT2D eigenvalue weighted by Crippen LogP contribution is 2.45. The van der Waals surface area contributed by atoms with E-state index >= 15 is 0 Å². The molecular weight excluding hydrogens is 262 g/mol. The van der Waals surface area contributed by atoms with E-state index in [-0.39, 0.29) is 17.5 Å². The first-order chi connectivity index (χ1) is 10.0. The molecule has 2 aliphatic rings. The highest BCUT2D eigenvalue weighted by atomic mass is 16.2. The summed E-state index contributed by atoms with van der Waals surface area (Å²) in [5.41, 5.74) is 1.46. The number of hydrogen-bond acceptors (Lipinski definition) is 3. The smallest absolute Gasteiger partial charge is 0.237 e. The van der Waals surface area contributed by atoms with Gasteiger partial charge in [0, 0.05) is 13.1 Å². The van der Waals surface area contributed by atoms with E-state index in [2.05, 4.69) is 23.2 Å². The molecule has 1 N–H and O–H groups in total. The van der Waals surface area contributed by atoms with E-state index in [0.29, 0.717) is 11.5 Å². The fraction of sp³-hybridized carbons (Fsp3) is 0.529. The topological polar surface area (TPSA) is 56.1 Å². The van der Waals surface area contributed by atoms with Gasteiger partial charge in [-0.15, -0.1) is 0 Å².